The van der Waals surface area contributed by atoms with Crippen molar-refractivity contribution in [2.45, 2.75) is 13.8 Å². The normalized spacial score (nSPS) is 10.7. The summed E-state index contributed by atoms with van der Waals surface area (Å²) in [5.41, 5.74) is 2.56. The molecule has 3 rings (SSSR count). The SMILES string of the molecule is Cc1cc(C(=O)COC(=O)c2ccc(Cl)cc2)c(C)n1-c1nccs1. The molecule has 0 saturated carbocycles. The fourth-order valence-electron chi connectivity index (χ4n) is 2.54. The zero-order valence-electron chi connectivity index (χ0n) is 13.7. The minimum absolute atomic E-state index is 0.252. The first-order chi connectivity index (χ1) is 12.0. The van der Waals surface area contributed by atoms with Crippen LogP contribution in [0.4, 0.5) is 0 Å². The lowest BCUT2D eigenvalue weighted by Crippen LogP contribution is -2.15. The van der Waals surface area contributed by atoms with Gasteiger partial charge in [0.1, 0.15) is 0 Å². The molecule has 5 nitrogen and oxygen atoms in total. The average Bonchev–Trinajstić information content (AvgIpc) is 3.21. The fraction of sp³-hybridized carbons (Fsp3) is 0.167. The number of halogens is 1. The Morgan fingerprint density at radius 1 is 1.24 bits per heavy atom. The van der Waals surface area contributed by atoms with Gasteiger partial charge < -0.3 is 4.74 Å². The van der Waals surface area contributed by atoms with Crippen LogP contribution in [0.25, 0.3) is 5.13 Å². The maximum Gasteiger partial charge on any atom is 0.338 e. The molecule has 0 spiro atoms. The number of carbonyl (C=O) groups excluding carboxylic acids is 2. The predicted octanol–water partition coefficient (Wildman–Crippen LogP) is 4.24. The lowest BCUT2D eigenvalue weighted by molar-refractivity contribution is 0.0474. The highest BCUT2D eigenvalue weighted by Gasteiger charge is 2.19. The highest BCUT2D eigenvalue weighted by atomic mass is 35.5. The molecule has 0 amide bonds. The van der Waals surface area contributed by atoms with E-state index in [1.807, 2.05) is 23.8 Å². The van der Waals surface area contributed by atoms with Gasteiger partial charge in [-0.15, -0.1) is 11.3 Å². The van der Waals surface area contributed by atoms with Gasteiger partial charge in [-0.2, -0.15) is 0 Å². The van der Waals surface area contributed by atoms with Crippen LogP contribution in [-0.4, -0.2) is 27.9 Å². The summed E-state index contributed by atoms with van der Waals surface area (Å²) in [7, 11) is 0. The van der Waals surface area contributed by atoms with E-state index in [4.69, 9.17) is 16.3 Å². The third kappa shape index (κ3) is 3.65. The monoisotopic (exact) mass is 374 g/mol. The predicted molar refractivity (Wildman–Crippen MR) is 97.0 cm³/mol. The van der Waals surface area contributed by atoms with Crippen molar-refractivity contribution in [3.05, 3.63) is 69.4 Å². The molecule has 0 N–H and O–H groups in total. The summed E-state index contributed by atoms with van der Waals surface area (Å²) in [6, 6.07) is 8.10. The molecule has 0 bridgehead atoms. The highest BCUT2D eigenvalue weighted by Crippen LogP contribution is 2.22. The third-order valence-electron chi connectivity index (χ3n) is 3.76. The molecular formula is C18H15ClN2O3S. The molecule has 3 aromatic rings. The van der Waals surface area contributed by atoms with Gasteiger partial charge in [-0.25, -0.2) is 9.78 Å². The Morgan fingerprint density at radius 2 is 1.96 bits per heavy atom. The maximum atomic E-state index is 12.5. The number of thiazole rings is 1. The van der Waals surface area contributed by atoms with Crippen molar-refractivity contribution in [3.63, 3.8) is 0 Å². The molecule has 0 aliphatic rings. The quantitative estimate of drug-likeness (QED) is 0.495. The number of esters is 1. The van der Waals surface area contributed by atoms with Crippen LogP contribution in [0.2, 0.25) is 5.02 Å². The minimum atomic E-state index is -0.557. The molecule has 25 heavy (non-hydrogen) atoms. The van der Waals surface area contributed by atoms with Crippen molar-refractivity contribution < 1.29 is 14.3 Å². The van der Waals surface area contributed by atoms with Crippen molar-refractivity contribution in [2.24, 2.45) is 0 Å². The number of Topliss-reactive ketones (excluding diaryl/α,β-unsaturated/α-hetero) is 1. The van der Waals surface area contributed by atoms with Crippen LogP contribution in [0.15, 0.2) is 41.9 Å². The van der Waals surface area contributed by atoms with Gasteiger partial charge in [-0.3, -0.25) is 9.36 Å². The molecule has 0 fully saturated rings. The lowest BCUT2D eigenvalue weighted by atomic mass is 10.1. The van der Waals surface area contributed by atoms with E-state index in [1.165, 1.54) is 11.3 Å². The molecule has 0 unspecified atom stereocenters. The third-order valence-corrected chi connectivity index (χ3v) is 4.76. The van der Waals surface area contributed by atoms with Crippen LogP contribution >= 0.6 is 22.9 Å². The molecule has 1 aromatic carbocycles. The zero-order chi connectivity index (χ0) is 18.0. The Morgan fingerprint density at radius 3 is 2.60 bits per heavy atom. The topological polar surface area (TPSA) is 61.2 Å². The second kappa shape index (κ2) is 7.21. The van der Waals surface area contributed by atoms with Crippen molar-refractivity contribution in [1.82, 2.24) is 9.55 Å². The summed E-state index contributed by atoms with van der Waals surface area (Å²) in [5.74, 6) is -0.808. The first-order valence-electron chi connectivity index (χ1n) is 7.52. The first kappa shape index (κ1) is 17.4. The van der Waals surface area contributed by atoms with Gasteiger partial charge in [0.25, 0.3) is 0 Å². The number of nitrogens with zero attached hydrogens (tertiary/aromatic N) is 2. The number of carbonyl (C=O) groups is 2. The van der Waals surface area contributed by atoms with E-state index in [1.54, 1.807) is 36.5 Å². The Kier molecular flexibility index (Phi) is 5.01. The van der Waals surface area contributed by atoms with Crippen molar-refractivity contribution >= 4 is 34.7 Å². The number of hydrogen-bond acceptors (Lipinski definition) is 5. The number of rotatable bonds is 5. The summed E-state index contributed by atoms with van der Waals surface area (Å²) >= 11 is 7.28. The molecule has 2 heterocycles. The minimum Gasteiger partial charge on any atom is -0.454 e. The molecule has 0 radical (unpaired) electrons. The standard InChI is InChI=1S/C18H15ClN2O3S/c1-11-9-15(12(2)21(11)18-20-7-8-25-18)16(22)10-24-17(23)13-3-5-14(19)6-4-13/h3-9H,10H2,1-2H3. The summed E-state index contributed by atoms with van der Waals surface area (Å²) < 4.78 is 7.04. The van der Waals surface area contributed by atoms with E-state index in [2.05, 4.69) is 4.98 Å². The molecule has 0 saturated heterocycles. The summed E-state index contributed by atoms with van der Waals surface area (Å²) in [5, 5.41) is 3.21. The largest absolute Gasteiger partial charge is 0.454 e. The molecule has 0 aliphatic carbocycles. The van der Waals surface area contributed by atoms with Crippen LogP contribution in [0, 0.1) is 13.8 Å². The molecule has 0 atom stereocenters. The van der Waals surface area contributed by atoms with Crippen molar-refractivity contribution in [3.8, 4) is 5.13 Å². The number of ether oxygens (including phenoxy) is 1. The van der Waals surface area contributed by atoms with E-state index in [0.29, 0.717) is 16.1 Å². The van der Waals surface area contributed by atoms with Gasteiger partial charge in [0.2, 0.25) is 5.78 Å². The van der Waals surface area contributed by atoms with Crippen molar-refractivity contribution in [1.29, 1.82) is 0 Å². The van der Waals surface area contributed by atoms with Crippen molar-refractivity contribution in [2.75, 3.05) is 6.61 Å². The average molecular weight is 375 g/mol. The molecule has 0 aliphatic heterocycles. The second-order valence-electron chi connectivity index (χ2n) is 5.44. The van der Waals surface area contributed by atoms with E-state index >= 15 is 0 Å². The Balaban J connectivity index is 1.73. The van der Waals surface area contributed by atoms with E-state index in [9.17, 15) is 9.59 Å². The van der Waals surface area contributed by atoms with Crippen LogP contribution in [0.3, 0.4) is 0 Å². The van der Waals surface area contributed by atoms with Crippen LogP contribution < -0.4 is 0 Å². The molecule has 128 valence electrons. The van der Waals surface area contributed by atoms with Gasteiger partial charge in [0.15, 0.2) is 11.7 Å². The number of aryl methyl sites for hydroxylation is 1. The number of ketones is 1. The van der Waals surface area contributed by atoms with Gasteiger partial charge in [-0.05, 0) is 44.2 Å². The smallest absolute Gasteiger partial charge is 0.338 e. The van der Waals surface area contributed by atoms with E-state index in [-0.39, 0.29) is 12.4 Å². The van der Waals surface area contributed by atoms with E-state index < -0.39 is 5.97 Å². The fourth-order valence-corrected chi connectivity index (χ4v) is 3.42. The van der Waals surface area contributed by atoms with Gasteiger partial charge >= 0.3 is 5.97 Å². The number of aromatic nitrogens is 2. The van der Waals surface area contributed by atoms with Gasteiger partial charge in [-0.1, -0.05) is 11.6 Å². The summed E-state index contributed by atoms with van der Waals surface area (Å²) in [4.78, 5) is 28.7. The molecular weight excluding hydrogens is 360 g/mol. The van der Waals surface area contributed by atoms with E-state index in [0.717, 1.165) is 16.5 Å². The summed E-state index contributed by atoms with van der Waals surface area (Å²) in [6.45, 7) is 3.44. The van der Waals surface area contributed by atoms with Gasteiger partial charge in [0, 0.05) is 33.6 Å². The van der Waals surface area contributed by atoms with Crippen LogP contribution in [0.5, 0.6) is 0 Å². The Hall–Kier alpha value is -2.44. The van der Waals surface area contributed by atoms with Gasteiger partial charge in [0.05, 0.1) is 5.56 Å². The number of benzene rings is 1. The summed E-state index contributed by atoms with van der Waals surface area (Å²) in [6.07, 6.45) is 1.72. The Bertz CT molecular complexity index is 915. The first-order valence-corrected chi connectivity index (χ1v) is 8.78. The maximum absolute atomic E-state index is 12.5. The molecule has 7 heteroatoms. The van der Waals surface area contributed by atoms with Crippen LogP contribution in [0.1, 0.15) is 32.1 Å². The number of hydrogen-bond donors (Lipinski definition) is 0. The molecule has 2 aromatic heterocycles. The second-order valence-corrected chi connectivity index (χ2v) is 6.75. The highest BCUT2D eigenvalue weighted by molar-refractivity contribution is 7.12. The van der Waals surface area contributed by atoms with Crippen LogP contribution in [-0.2, 0) is 4.74 Å². The lowest BCUT2D eigenvalue weighted by Gasteiger charge is -2.06. The Labute approximate surface area is 153 Å². The zero-order valence-corrected chi connectivity index (χ0v) is 15.2.